The van der Waals surface area contributed by atoms with Crippen LogP contribution in [-0.4, -0.2) is 40.8 Å². The van der Waals surface area contributed by atoms with Gasteiger partial charge in [-0.25, -0.2) is 0 Å². The number of piperidine rings is 1. The average molecular weight is 386 g/mol. The van der Waals surface area contributed by atoms with Gasteiger partial charge >= 0.3 is 0 Å². The lowest BCUT2D eigenvalue weighted by Gasteiger charge is -2.32. The van der Waals surface area contributed by atoms with Crippen LogP contribution in [0.1, 0.15) is 36.0 Å². The van der Waals surface area contributed by atoms with Gasteiger partial charge in [0.05, 0.1) is 15.9 Å². The Bertz CT molecular complexity index is 736. The maximum atomic E-state index is 12.7. The van der Waals surface area contributed by atoms with Crippen LogP contribution in [0.3, 0.4) is 0 Å². The van der Waals surface area contributed by atoms with Crippen molar-refractivity contribution in [1.29, 1.82) is 0 Å². The number of halogens is 2. The van der Waals surface area contributed by atoms with Gasteiger partial charge in [0.2, 0.25) is 5.91 Å². The zero-order valence-corrected chi connectivity index (χ0v) is 14.8. The van der Waals surface area contributed by atoms with E-state index in [-0.39, 0.29) is 39.4 Å². The quantitative estimate of drug-likeness (QED) is 0.636. The molecule has 1 atom stereocenters. The molecule has 1 saturated carbocycles. The average Bonchev–Trinajstić information content (AvgIpc) is 3.40. The van der Waals surface area contributed by atoms with E-state index in [1.165, 1.54) is 6.07 Å². The molecule has 2 amide bonds. The minimum Gasteiger partial charge on any atom is -0.353 e. The predicted molar refractivity (Wildman–Crippen MR) is 92.9 cm³/mol. The van der Waals surface area contributed by atoms with Crippen molar-refractivity contribution in [1.82, 2.24) is 10.2 Å². The monoisotopic (exact) mass is 385 g/mol. The van der Waals surface area contributed by atoms with Crippen molar-refractivity contribution in [2.24, 2.45) is 5.92 Å². The van der Waals surface area contributed by atoms with E-state index in [9.17, 15) is 19.7 Å². The number of carbonyl (C=O) groups excluding carboxylic acids is 2. The standard InChI is InChI=1S/C16H17Cl2N3O4/c17-12-6-10(7-13(14(12)18)21(24)25)16(23)20-5-1-2-9(8-20)15(22)19-11-3-4-11/h6-7,9,11H,1-5,8H2,(H,19,22)/t9-/m0/s1. The molecule has 0 radical (unpaired) electrons. The lowest BCUT2D eigenvalue weighted by molar-refractivity contribution is -0.384. The highest BCUT2D eigenvalue weighted by Gasteiger charge is 2.33. The van der Waals surface area contributed by atoms with Crippen LogP contribution in [-0.2, 0) is 4.79 Å². The van der Waals surface area contributed by atoms with Crippen LogP contribution in [0.5, 0.6) is 0 Å². The number of benzene rings is 1. The summed E-state index contributed by atoms with van der Waals surface area (Å²) in [4.78, 5) is 36.9. The molecular formula is C16H17Cl2N3O4. The van der Waals surface area contributed by atoms with Gasteiger partial charge in [-0.1, -0.05) is 23.2 Å². The third-order valence-corrected chi connectivity index (χ3v) is 5.25. The minimum absolute atomic E-state index is 0.0277. The van der Waals surface area contributed by atoms with Gasteiger partial charge in [0.15, 0.2) is 0 Å². The molecule has 1 aromatic carbocycles. The van der Waals surface area contributed by atoms with Crippen LogP contribution in [0, 0.1) is 16.0 Å². The molecule has 1 N–H and O–H groups in total. The molecule has 25 heavy (non-hydrogen) atoms. The summed E-state index contributed by atoms with van der Waals surface area (Å²) >= 11 is 11.7. The number of carbonyl (C=O) groups is 2. The van der Waals surface area contributed by atoms with E-state index in [0.717, 1.165) is 25.3 Å². The van der Waals surface area contributed by atoms with Gasteiger partial charge in [-0.15, -0.1) is 0 Å². The molecule has 0 unspecified atom stereocenters. The number of nitrogens with one attached hydrogen (secondary N) is 1. The summed E-state index contributed by atoms with van der Waals surface area (Å²) in [6.45, 7) is 0.797. The van der Waals surface area contributed by atoms with E-state index < -0.39 is 10.6 Å². The highest BCUT2D eigenvalue weighted by molar-refractivity contribution is 6.43. The number of hydrogen-bond donors (Lipinski definition) is 1. The van der Waals surface area contributed by atoms with Gasteiger partial charge in [0.1, 0.15) is 5.02 Å². The van der Waals surface area contributed by atoms with Crippen molar-refractivity contribution in [3.05, 3.63) is 37.9 Å². The number of nitrogens with zero attached hydrogens (tertiary/aromatic N) is 2. The molecule has 7 nitrogen and oxygen atoms in total. The second kappa shape index (κ2) is 7.17. The van der Waals surface area contributed by atoms with Crippen LogP contribution < -0.4 is 5.32 Å². The zero-order chi connectivity index (χ0) is 18.1. The fourth-order valence-electron chi connectivity index (χ4n) is 2.94. The fourth-order valence-corrected chi connectivity index (χ4v) is 3.33. The largest absolute Gasteiger partial charge is 0.353 e. The van der Waals surface area contributed by atoms with Gasteiger partial charge in [-0.3, -0.25) is 19.7 Å². The van der Waals surface area contributed by atoms with E-state index in [0.29, 0.717) is 19.5 Å². The smallest absolute Gasteiger partial charge is 0.290 e. The minimum atomic E-state index is -0.674. The Hall–Kier alpha value is -1.86. The Morgan fingerprint density at radius 1 is 1.24 bits per heavy atom. The Morgan fingerprint density at radius 3 is 2.60 bits per heavy atom. The predicted octanol–water partition coefficient (Wildman–Crippen LogP) is 3.03. The first kappa shape index (κ1) is 17.9. The molecule has 2 fully saturated rings. The molecule has 134 valence electrons. The maximum absolute atomic E-state index is 12.7. The van der Waals surface area contributed by atoms with Gasteiger partial charge in [-0.05, 0) is 31.7 Å². The molecular weight excluding hydrogens is 369 g/mol. The molecule has 3 rings (SSSR count). The molecule has 2 aliphatic rings. The van der Waals surface area contributed by atoms with Crippen molar-refractivity contribution in [3.63, 3.8) is 0 Å². The Morgan fingerprint density at radius 2 is 1.96 bits per heavy atom. The van der Waals surface area contributed by atoms with Crippen LogP contribution in [0.2, 0.25) is 10.0 Å². The second-order valence-corrected chi connectivity index (χ2v) is 7.21. The van der Waals surface area contributed by atoms with Crippen LogP contribution in [0.4, 0.5) is 5.69 Å². The van der Waals surface area contributed by atoms with Gasteiger partial charge in [0.25, 0.3) is 11.6 Å². The first-order valence-corrected chi connectivity index (χ1v) is 8.85. The normalized spacial score (nSPS) is 20.2. The van der Waals surface area contributed by atoms with Gasteiger partial charge < -0.3 is 10.2 Å². The van der Waals surface area contributed by atoms with Crippen LogP contribution in [0.25, 0.3) is 0 Å². The van der Waals surface area contributed by atoms with Gasteiger partial charge in [-0.2, -0.15) is 0 Å². The summed E-state index contributed by atoms with van der Waals surface area (Å²) in [6.07, 6.45) is 3.45. The highest BCUT2D eigenvalue weighted by atomic mass is 35.5. The van der Waals surface area contributed by atoms with E-state index >= 15 is 0 Å². The summed E-state index contributed by atoms with van der Waals surface area (Å²) in [5.74, 6) is -0.665. The lowest BCUT2D eigenvalue weighted by atomic mass is 9.96. The van der Waals surface area contributed by atoms with E-state index in [1.54, 1.807) is 4.90 Å². The van der Waals surface area contributed by atoms with E-state index in [4.69, 9.17) is 23.2 Å². The number of hydrogen-bond acceptors (Lipinski definition) is 4. The molecule has 1 aliphatic carbocycles. The molecule has 1 heterocycles. The number of nitro groups is 1. The summed E-state index contributed by atoms with van der Waals surface area (Å²) in [6, 6.07) is 2.73. The van der Waals surface area contributed by atoms with E-state index in [2.05, 4.69) is 5.32 Å². The summed E-state index contributed by atoms with van der Waals surface area (Å²) in [5, 5.41) is 13.8. The van der Waals surface area contributed by atoms with Crippen molar-refractivity contribution in [2.45, 2.75) is 31.7 Å². The number of rotatable bonds is 4. The summed E-state index contributed by atoms with van der Waals surface area (Å²) in [7, 11) is 0. The maximum Gasteiger partial charge on any atom is 0.290 e. The first-order valence-electron chi connectivity index (χ1n) is 8.10. The SMILES string of the molecule is O=C(NC1CC1)[C@H]1CCCN(C(=O)c2cc(Cl)c(Cl)c([N+](=O)[O-])c2)C1. The van der Waals surface area contributed by atoms with Crippen molar-refractivity contribution >= 4 is 40.7 Å². The van der Waals surface area contributed by atoms with Crippen LogP contribution in [0.15, 0.2) is 12.1 Å². The zero-order valence-electron chi connectivity index (χ0n) is 13.3. The molecule has 0 bridgehead atoms. The van der Waals surface area contributed by atoms with Crippen molar-refractivity contribution < 1.29 is 14.5 Å². The molecule has 1 aliphatic heterocycles. The Balaban J connectivity index is 1.75. The molecule has 1 saturated heterocycles. The highest BCUT2D eigenvalue weighted by Crippen LogP contribution is 2.34. The lowest BCUT2D eigenvalue weighted by Crippen LogP contribution is -2.45. The summed E-state index contributed by atoms with van der Waals surface area (Å²) in [5.41, 5.74) is -0.304. The fraction of sp³-hybridized carbons (Fsp3) is 0.500. The Kier molecular flexibility index (Phi) is 5.15. The van der Waals surface area contributed by atoms with Crippen molar-refractivity contribution in [3.8, 4) is 0 Å². The molecule has 1 aromatic rings. The van der Waals surface area contributed by atoms with E-state index in [1.807, 2.05) is 0 Å². The molecule has 9 heteroatoms. The summed E-state index contributed by atoms with van der Waals surface area (Å²) < 4.78 is 0. The third-order valence-electron chi connectivity index (χ3n) is 4.46. The van der Waals surface area contributed by atoms with Gasteiger partial charge in [0, 0.05) is 30.8 Å². The number of likely N-dealkylation sites (tertiary alicyclic amines) is 1. The number of nitro benzene ring substituents is 1. The number of amides is 2. The molecule has 0 aromatic heterocycles. The van der Waals surface area contributed by atoms with Crippen LogP contribution >= 0.6 is 23.2 Å². The van der Waals surface area contributed by atoms with Crippen molar-refractivity contribution in [2.75, 3.05) is 13.1 Å². The molecule has 0 spiro atoms. The third kappa shape index (κ3) is 4.04. The Labute approximate surface area is 154 Å². The second-order valence-electron chi connectivity index (χ2n) is 6.42. The topological polar surface area (TPSA) is 92.6 Å². The first-order chi connectivity index (χ1) is 11.9.